The van der Waals surface area contributed by atoms with E-state index in [4.69, 9.17) is 14.2 Å². The summed E-state index contributed by atoms with van der Waals surface area (Å²) in [7, 11) is 1.66. The van der Waals surface area contributed by atoms with Crippen molar-refractivity contribution in [2.24, 2.45) is 0 Å². The number of ether oxygens (including phenoxy) is 3. The lowest BCUT2D eigenvalue weighted by Gasteiger charge is -2.26. The number of methoxy groups -OCH3 is 1. The normalized spacial score (nSPS) is 14.7. The van der Waals surface area contributed by atoms with Crippen molar-refractivity contribution in [3.8, 4) is 11.5 Å². The fraction of sp³-hybridized carbons (Fsp3) is 0.333. The van der Waals surface area contributed by atoms with E-state index >= 15 is 0 Å². The number of aromatic nitrogens is 3. The number of aromatic amines is 1. The molecule has 5 rings (SSSR count). The summed E-state index contributed by atoms with van der Waals surface area (Å²) in [5.41, 5.74) is 3.75. The van der Waals surface area contributed by atoms with Gasteiger partial charge in [-0.15, -0.1) is 0 Å². The number of pyridine rings is 1. The van der Waals surface area contributed by atoms with E-state index in [1.165, 1.54) is 0 Å². The third kappa shape index (κ3) is 4.46. The Bertz CT molecular complexity index is 1200. The molecule has 0 saturated carbocycles. The summed E-state index contributed by atoms with van der Waals surface area (Å²) in [5.74, 6) is 1.41. The van der Waals surface area contributed by atoms with Gasteiger partial charge in [-0.3, -0.25) is 15.0 Å². The number of hydrogen-bond donors (Lipinski definition) is 2. The lowest BCUT2D eigenvalue weighted by molar-refractivity contribution is 0.0357. The molecule has 0 radical (unpaired) electrons. The van der Waals surface area contributed by atoms with Gasteiger partial charge in [0.2, 0.25) is 0 Å². The number of hydrogen-bond acceptors (Lipinski definition) is 7. The van der Waals surface area contributed by atoms with Crippen LogP contribution in [0.15, 0.2) is 48.8 Å². The first-order valence-electron chi connectivity index (χ1n) is 10.9. The Morgan fingerprint density at radius 3 is 2.91 bits per heavy atom. The monoisotopic (exact) mass is 433 g/mol. The quantitative estimate of drug-likeness (QED) is 0.407. The first-order valence-corrected chi connectivity index (χ1v) is 10.9. The molecule has 4 aromatic rings. The van der Waals surface area contributed by atoms with Crippen LogP contribution in [0.3, 0.4) is 0 Å². The van der Waals surface area contributed by atoms with E-state index < -0.39 is 0 Å². The first kappa shape index (κ1) is 20.5. The maximum Gasteiger partial charge on any atom is 0.163 e. The van der Waals surface area contributed by atoms with Gasteiger partial charge in [-0.05, 0) is 36.8 Å². The van der Waals surface area contributed by atoms with Gasteiger partial charge in [-0.1, -0.05) is 0 Å². The molecule has 8 heteroatoms. The molecule has 0 aliphatic carbocycles. The van der Waals surface area contributed by atoms with Crippen LogP contribution < -0.4 is 14.8 Å². The lowest BCUT2D eigenvalue weighted by Crippen LogP contribution is -2.37. The van der Waals surface area contributed by atoms with E-state index in [1.807, 2.05) is 42.6 Å². The van der Waals surface area contributed by atoms with Crippen LogP contribution in [0.25, 0.3) is 21.8 Å². The molecule has 1 saturated heterocycles. The van der Waals surface area contributed by atoms with E-state index in [0.29, 0.717) is 18.1 Å². The predicted molar refractivity (Wildman–Crippen MR) is 125 cm³/mol. The van der Waals surface area contributed by atoms with Crippen LogP contribution in [0.5, 0.6) is 11.5 Å². The molecule has 0 atom stereocenters. The summed E-state index contributed by atoms with van der Waals surface area (Å²) >= 11 is 0. The van der Waals surface area contributed by atoms with Crippen molar-refractivity contribution in [1.82, 2.24) is 20.1 Å². The summed E-state index contributed by atoms with van der Waals surface area (Å²) < 4.78 is 17.1. The van der Waals surface area contributed by atoms with Gasteiger partial charge < -0.3 is 19.5 Å². The molecular formula is C24H27N5O3. The zero-order valence-electron chi connectivity index (χ0n) is 18.1. The van der Waals surface area contributed by atoms with Crippen molar-refractivity contribution in [1.29, 1.82) is 0 Å². The zero-order valence-corrected chi connectivity index (χ0v) is 18.1. The van der Waals surface area contributed by atoms with Gasteiger partial charge in [-0.25, -0.2) is 0 Å². The summed E-state index contributed by atoms with van der Waals surface area (Å²) in [6, 6.07) is 12.0. The minimum absolute atomic E-state index is 0.626. The number of morpholine rings is 1. The Kier molecular flexibility index (Phi) is 6.04. The third-order valence-electron chi connectivity index (χ3n) is 5.73. The second kappa shape index (κ2) is 9.42. The highest BCUT2D eigenvalue weighted by Gasteiger charge is 2.13. The number of anilines is 2. The molecule has 0 spiro atoms. The van der Waals surface area contributed by atoms with E-state index in [1.54, 1.807) is 13.3 Å². The molecule has 1 aliphatic rings. The number of rotatable bonds is 8. The molecule has 2 aromatic carbocycles. The molecule has 2 N–H and O–H groups in total. The Balaban J connectivity index is 1.32. The van der Waals surface area contributed by atoms with Crippen LogP contribution in [-0.2, 0) is 4.74 Å². The van der Waals surface area contributed by atoms with Crippen molar-refractivity contribution in [2.75, 3.05) is 51.9 Å². The average Bonchev–Trinajstić information content (AvgIpc) is 3.30. The van der Waals surface area contributed by atoms with Crippen LogP contribution in [0.4, 0.5) is 11.4 Å². The van der Waals surface area contributed by atoms with Gasteiger partial charge in [0.05, 0.1) is 44.2 Å². The van der Waals surface area contributed by atoms with Gasteiger partial charge in [-0.2, -0.15) is 5.10 Å². The van der Waals surface area contributed by atoms with Crippen molar-refractivity contribution in [3.05, 3.63) is 48.8 Å². The highest BCUT2D eigenvalue weighted by atomic mass is 16.5. The number of fused-ring (bicyclic) bond motifs is 2. The van der Waals surface area contributed by atoms with Crippen molar-refractivity contribution in [3.63, 3.8) is 0 Å². The molecular weight excluding hydrogens is 406 g/mol. The van der Waals surface area contributed by atoms with Gasteiger partial charge >= 0.3 is 0 Å². The van der Waals surface area contributed by atoms with Crippen LogP contribution in [0, 0.1) is 0 Å². The number of H-pyrrole nitrogens is 1. The minimum Gasteiger partial charge on any atom is -0.493 e. The summed E-state index contributed by atoms with van der Waals surface area (Å²) in [4.78, 5) is 6.96. The molecule has 0 bridgehead atoms. The highest BCUT2D eigenvalue weighted by molar-refractivity contribution is 5.95. The predicted octanol–water partition coefficient (Wildman–Crippen LogP) is 3.96. The summed E-state index contributed by atoms with van der Waals surface area (Å²) in [5, 5.41) is 12.6. The van der Waals surface area contributed by atoms with Crippen LogP contribution >= 0.6 is 0 Å². The Hall–Kier alpha value is -3.36. The molecule has 2 aromatic heterocycles. The second-order valence-corrected chi connectivity index (χ2v) is 7.83. The zero-order chi connectivity index (χ0) is 21.8. The van der Waals surface area contributed by atoms with Crippen molar-refractivity contribution in [2.45, 2.75) is 6.42 Å². The Labute approximate surface area is 186 Å². The maximum atomic E-state index is 6.07. The van der Waals surface area contributed by atoms with Gasteiger partial charge in [0, 0.05) is 54.0 Å². The molecule has 0 amide bonds. The van der Waals surface area contributed by atoms with E-state index in [2.05, 4.69) is 25.4 Å². The van der Waals surface area contributed by atoms with Crippen LogP contribution in [0.2, 0.25) is 0 Å². The molecule has 1 aliphatic heterocycles. The number of benzene rings is 2. The molecule has 166 valence electrons. The third-order valence-corrected chi connectivity index (χ3v) is 5.73. The second-order valence-electron chi connectivity index (χ2n) is 7.83. The molecule has 1 fully saturated rings. The standard InChI is InChI=1S/C24H27N5O3/c1-30-23-14-19-20(27-18-4-3-17-16-26-28-21(17)13-18)5-6-25-22(19)15-24(23)32-10-2-7-29-8-11-31-12-9-29/h3-6,13-16H,2,7-12H2,1H3,(H,25,27)(H,26,28). The van der Waals surface area contributed by atoms with E-state index in [9.17, 15) is 0 Å². The van der Waals surface area contributed by atoms with Gasteiger partial charge in [0.25, 0.3) is 0 Å². The smallest absolute Gasteiger partial charge is 0.163 e. The fourth-order valence-electron chi connectivity index (χ4n) is 4.00. The summed E-state index contributed by atoms with van der Waals surface area (Å²) in [6.07, 6.45) is 4.56. The molecule has 32 heavy (non-hydrogen) atoms. The van der Waals surface area contributed by atoms with E-state index in [-0.39, 0.29) is 0 Å². The summed E-state index contributed by atoms with van der Waals surface area (Å²) in [6.45, 7) is 5.25. The average molecular weight is 434 g/mol. The largest absolute Gasteiger partial charge is 0.493 e. The minimum atomic E-state index is 0.626. The molecule has 3 heterocycles. The topological polar surface area (TPSA) is 84.5 Å². The Morgan fingerprint density at radius 2 is 2.03 bits per heavy atom. The highest BCUT2D eigenvalue weighted by Crippen LogP contribution is 2.36. The fourth-order valence-corrected chi connectivity index (χ4v) is 4.00. The van der Waals surface area contributed by atoms with Gasteiger partial charge in [0.15, 0.2) is 11.5 Å². The van der Waals surface area contributed by atoms with Crippen LogP contribution in [-0.4, -0.2) is 66.6 Å². The lowest BCUT2D eigenvalue weighted by atomic mass is 10.1. The SMILES string of the molecule is COc1cc2c(Nc3ccc4cn[nH]c4c3)ccnc2cc1OCCCN1CCOCC1. The maximum absolute atomic E-state index is 6.07. The molecule has 8 nitrogen and oxygen atoms in total. The van der Waals surface area contributed by atoms with Crippen molar-refractivity contribution < 1.29 is 14.2 Å². The van der Waals surface area contributed by atoms with Crippen molar-refractivity contribution >= 4 is 33.2 Å². The molecule has 0 unspecified atom stereocenters. The van der Waals surface area contributed by atoms with Gasteiger partial charge in [0.1, 0.15) is 0 Å². The number of nitrogens with zero attached hydrogens (tertiary/aromatic N) is 3. The Morgan fingerprint density at radius 1 is 1.12 bits per heavy atom. The first-order chi connectivity index (χ1) is 15.8. The van der Waals surface area contributed by atoms with E-state index in [0.717, 1.165) is 72.4 Å². The number of nitrogens with one attached hydrogen (secondary N) is 2. The van der Waals surface area contributed by atoms with Crippen LogP contribution in [0.1, 0.15) is 6.42 Å².